The largest absolute Gasteiger partial charge is 0.508 e. The van der Waals surface area contributed by atoms with Crippen LogP contribution in [0.2, 0.25) is 0 Å². The van der Waals surface area contributed by atoms with Crippen molar-refractivity contribution >= 4 is 40.0 Å². The van der Waals surface area contributed by atoms with Crippen LogP contribution in [0, 0.1) is 6.92 Å². The minimum Gasteiger partial charge on any atom is -0.508 e. The first-order valence-corrected chi connectivity index (χ1v) is 11.2. The zero-order valence-corrected chi connectivity index (χ0v) is 18.6. The monoisotopic (exact) mass is 455 g/mol. The molecular weight excluding hydrogens is 434 g/mol. The minimum absolute atomic E-state index is 0.241. The molecule has 0 spiro atoms. The maximum absolute atomic E-state index is 9.61. The number of nitrogens with one attached hydrogen (secondary N) is 2. The zero-order valence-electron chi connectivity index (χ0n) is 17.8. The van der Waals surface area contributed by atoms with Gasteiger partial charge in [0, 0.05) is 21.2 Å². The molecule has 33 heavy (non-hydrogen) atoms. The predicted octanol–water partition coefficient (Wildman–Crippen LogP) is 6.14. The molecule has 7 nitrogen and oxygen atoms in total. The lowest BCUT2D eigenvalue weighted by molar-refractivity contribution is 0.475. The van der Waals surface area contributed by atoms with Gasteiger partial charge in [0.1, 0.15) is 23.7 Å². The fraction of sp³-hybridized carbons (Fsp3) is 0.0800. The fourth-order valence-electron chi connectivity index (χ4n) is 3.33. The number of fused-ring (bicyclic) bond motifs is 1. The molecule has 8 heteroatoms. The minimum atomic E-state index is 0.241. The van der Waals surface area contributed by atoms with E-state index < -0.39 is 0 Å². The van der Waals surface area contributed by atoms with Crippen LogP contribution in [0.1, 0.15) is 11.5 Å². The highest BCUT2D eigenvalue weighted by Crippen LogP contribution is 2.37. The molecule has 5 aromatic rings. The molecule has 0 aliphatic carbocycles. The topological polar surface area (TPSA) is 96.1 Å². The van der Waals surface area contributed by atoms with Gasteiger partial charge in [-0.15, -0.1) is 0 Å². The quantitative estimate of drug-likeness (QED) is 0.269. The predicted molar refractivity (Wildman–Crippen MR) is 130 cm³/mol. The Bertz CT molecular complexity index is 1390. The van der Waals surface area contributed by atoms with Crippen molar-refractivity contribution in [1.82, 2.24) is 15.0 Å². The van der Waals surface area contributed by atoms with Crippen molar-refractivity contribution in [3.05, 3.63) is 90.8 Å². The number of phenols is 1. The van der Waals surface area contributed by atoms with Gasteiger partial charge in [0.05, 0.1) is 23.9 Å². The summed E-state index contributed by atoms with van der Waals surface area (Å²) in [4.78, 5) is 15.3. The number of aromatic nitrogens is 3. The first kappa shape index (κ1) is 20.8. The highest BCUT2D eigenvalue weighted by molar-refractivity contribution is 7.99. The molecule has 0 unspecified atom stereocenters. The molecule has 2 aromatic carbocycles. The van der Waals surface area contributed by atoms with Gasteiger partial charge in [-0.05, 0) is 73.7 Å². The zero-order chi connectivity index (χ0) is 22.6. The van der Waals surface area contributed by atoms with Crippen molar-refractivity contribution in [2.45, 2.75) is 23.3 Å². The Morgan fingerprint density at radius 1 is 1.00 bits per heavy atom. The highest BCUT2D eigenvalue weighted by atomic mass is 32.2. The van der Waals surface area contributed by atoms with Crippen LogP contribution in [-0.4, -0.2) is 20.1 Å². The second-order valence-corrected chi connectivity index (χ2v) is 8.53. The van der Waals surface area contributed by atoms with Crippen molar-refractivity contribution in [2.75, 3.05) is 10.6 Å². The maximum Gasteiger partial charge on any atom is 0.164 e. The van der Waals surface area contributed by atoms with Crippen molar-refractivity contribution in [3.63, 3.8) is 0 Å². The summed E-state index contributed by atoms with van der Waals surface area (Å²) in [6, 6.07) is 21.0. The summed E-state index contributed by atoms with van der Waals surface area (Å²) in [6.07, 6.45) is 3.18. The Hall–Kier alpha value is -4.04. The molecule has 164 valence electrons. The Morgan fingerprint density at radius 2 is 1.88 bits per heavy atom. The third-order valence-electron chi connectivity index (χ3n) is 4.98. The number of hydrogen-bond acceptors (Lipinski definition) is 8. The molecule has 3 aromatic heterocycles. The van der Waals surface area contributed by atoms with Crippen LogP contribution in [0.15, 0.2) is 93.5 Å². The fourth-order valence-corrected chi connectivity index (χ4v) is 4.22. The van der Waals surface area contributed by atoms with E-state index in [1.165, 1.54) is 6.33 Å². The Kier molecular flexibility index (Phi) is 5.82. The molecule has 3 N–H and O–H groups in total. The molecular formula is C25H21N5O2S. The van der Waals surface area contributed by atoms with E-state index in [0.717, 1.165) is 38.0 Å². The van der Waals surface area contributed by atoms with Gasteiger partial charge in [-0.25, -0.2) is 15.0 Å². The summed E-state index contributed by atoms with van der Waals surface area (Å²) in [5.41, 5.74) is 3.38. The Balaban J connectivity index is 1.49. The van der Waals surface area contributed by atoms with Crippen molar-refractivity contribution in [3.8, 4) is 5.75 Å². The lowest BCUT2D eigenvalue weighted by atomic mass is 10.2. The van der Waals surface area contributed by atoms with Gasteiger partial charge in [0.25, 0.3) is 0 Å². The molecule has 3 heterocycles. The third-order valence-corrected chi connectivity index (χ3v) is 6.06. The number of rotatable bonds is 7. The van der Waals surface area contributed by atoms with Crippen LogP contribution in [0.3, 0.4) is 0 Å². The summed E-state index contributed by atoms with van der Waals surface area (Å²) < 4.78 is 5.42. The summed E-state index contributed by atoms with van der Waals surface area (Å²) in [5.74, 6) is 1.78. The van der Waals surface area contributed by atoms with Crippen molar-refractivity contribution < 1.29 is 9.52 Å². The van der Waals surface area contributed by atoms with Gasteiger partial charge >= 0.3 is 0 Å². The van der Waals surface area contributed by atoms with Crippen LogP contribution >= 0.6 is 11.8 Å². The van der Waals surface area contributed by atoms with Crippen LogP contribution in [0.4, 0.5) is 17.2 Å². The maximum atomic E-state index is 9.61. The average molecular weight is 456 g/mol. The van der Waals surface area contributed by atoms with Crippen LogP contribution in [0.25, 0.3) is 11.0 Å². The molecule has 0 saturated heterocycles. The third kappa shape index (κ3) is 4.91. The van der Waals surface area contributed by atoms with Gasteiger partial charge in [0.2, 0.25) is 0 Å². The number of benzene rings is 2. The van der Waals surface area contributed by atoms with E-state index >= 15 is 0 Å². The van der Waals surface area contributed by atoms with Gasteiger partial charge in [0.15, 0.2) is 5.65 Å². The smallest absolute Gasteiger partial charge is 0.164 e. The second-order valence-electron chi connectivity index (χ2n) is 7.41. The normalized spacial score (nSPS) is 10.9. The van der Waals surface area contributed by atoms with Gasteiger partial charge in [-0.3, -0.25) is 0 Å². The molecule has 0 atom stereocenters. The summed E-state index contributed by atoms with van der Waals surface area (Å²) >= 11 is 1.60. The number of furan rings is 1. The molecule has 0 amide bonds. The van der Waals surface area contributed by atoms with Gasteiger partial charge in [-0.1, -0.05) is 11.8 Å². The van der Waals surface area contributed by atoms with E-state index in [1.807, 2.05) is 55.5 Å². The van der Waals surface area contributed by atoms with Crippen molar-refractivity contribution in [1.29, 1.82) is 0 Å². The first-order chi connectivity index (χ1) is 16.1. The lowest BCUT2D eigenvalue weighted by Crippen LogP contribution is -2.02. The van der Waals surface area contributed by atoms with E-state index in [-0.39, 0.29) is 5.75 Å². The SMILES string of the molecule is Cc1ccc2c(Nc3cc(NCc4ccco4)ccc3Sc3ccc(O)cc3)ncnc2n1. The number of pyridine rings is 1. The first-order valence-electron chi connectivity index (χ1n) is 10.4. The average Bonchev–Trinajstić information content (AvgIpc) is 3.34. The number of aromatic hydroxyl groups is 1. The molecule has 0 aliphatic rings. The summed E-state index contributed by atoms with van der Waals surface area (Å²) in [7, 11) is 0. The highest BCUT2D eigenvalue weighted by Gasteiger charge is 2.11. The number of phenolic OH excluding ortho intramolecular Hbond substituents is 1. The van der Waals surface area contributed by atoms with E-state index in [0.29, 0.717) is 18.0 Å². The van der Waals surface area contributed by atoms with E-state index in [9.17, 15) is 5.11 Å². The number of aryl methyl sites for hydroxylation is 1. The molecule has 5 rings (SSSR count). The van der Waals surface area contributed by atoms with Crippen LogP contribution in [-0.2, 0) is 6.54 Å². The molecule has 0 fully saturated rings. The van der Waals surface area contributed by atoms with Crippen molar-refractivity contribution in [2.24, 2.45) is 0 Å². The summed E-state index contributed by atoms with van der Waals surface area (Å²) in [5, 5.41) is 17.3. The number of nitrogens with zero attached hydrogens (tertiary/aromatic N) is 3. The Labute approximate surface area is 194 Å². The molecule has 0 saturated carbocycles. The molecule has 0 bridgehead atoms. The van der Waals surface area contributed by atoms with Crippen LogP contribution < -0.4 is 10.6 Å². The summed E-state index contributed by atoms with van der Waals surface area (Å²) in [6.45, 7) is 2.52. The number of hydrogen-bond donors (Lipinski definition) is 3. The lowest BCUT2D eigenvalue weighted by Gasteiger charge is -2.15. The molecule has 0 aliphatic heterocycles. The standard InChI is InChI=1S/C25H21N5O2S/c1-16-4-10-21-24(29-16)27-15-28-25(21)30-22-13-17(26-14-19-3-2-12-32-19)5-11-23(22)33-20-8-6-18(31)7-9-20/h2-13,15,26,31H,14H2,1H3,(H,27,28,29,30). The molecule has 0 radical (unpaired) electrons. The van der Waals surface area contributed by atoms with Crippen LogP contribution in [0.5, 0.6) is 5.75 Å². The van der Waals surface area contributed by atoms with Gasteiger partial charge < -0.3 is 20.2 Å². The number of anilines is 3. The second kappa shape index (κ2) is 9.22. The van der Waals surface area contributed by atoms with E-state index in [4.69, 9.17) is 4.42 Å². The van der Waals surface area contributed by atoms with Gasteiger partial charge in [-0.2, -0.15) is 0 Å². The Morgan fingerprint density at radius 3 is 2.70 bits per heavy atom. The van der Waals surface area contributed by atoms with E-state index in [1.54, 1.807) is 30.2 Å². The van der Waals surface area contributed by atoms with E-state index in [2.05, 4.69) is 31.7 Å².